The van der Waals surface area contributed by atoms with Crippen molar-refractivity contribution in [2.24, 2.45) is 22.6 Å². The van der Waals surface area contributed by atoms with Gasteiger partial charge in [-0.05, 0) is 11.8 Å². The van der Waals surface area contributed by atoms with Gasteiger partial charge in [0.15, 0.2) is 0 Å². The Balaban J connectivity index is 2.58. The minimum absolute atomic E-state index is 0.0243. The van der Waals surface area contributed by atoms with Gasteiger partial charge in [0.1, 0.15) is 6.61 Å². The van der Waals surface area contributed by atoms with E-state index in [-0.39, 0.29) is 6.04 Å². The van der Waals surface area contributed by atoms with E-state index in [0.717, 1.165) is 12.3 Å². The van der Waals surface area contributed by atoms with Gasteiger partial charge in [-0.3, -0.25) is 0 Å². The van der Waals surface area contributed by atoms with Crippen LogP contribution in [0.1, 0.15) is 34.1 Å². The van der Waals surface area contributed by atoms with Gasteiger partial charge in [0.2, 0.25) is 5.90 Å². The highest BCUT2D eigenvalue weighted by Crippen LogP contribution is 2.17. The first-order valence-electron chi connectivity index (χ1n) is 5.52. The molecular weight excluding hydrogens is 176 g/mol. The Bertz CT molecular complexity index is 213. The molecule has 0 radical (unpaired) electrons. The molecule has 1 aliphatic heterocycles. The Morgan fingerprint density at radius 2 is 2.14 bits per heavy atom. The van der Waals surface area contributed by atoms with Crippen LogP contribution in [0.15, 0.2) is 4.99 Å². The standard InChI is InChI=1S/C11H22N2O/c1-5-8(4)10(12)11-13-9(6-14-11)7(2)3/h7-10H,5-6,12H2,1-4H3/t8-,9-,10-/m0/s1. The lowest BCUT2D eigenvalue weighted by Crippen LogP contribution is -2.36. The first-order valence-corrected chi connectivity index (χ1v) is 5.52. The summed E-state index contributed by atoms with van der Waals surface area (Å²) in [6.07, 6.45) is 1.07. The molecule has 0 aliphatic carbocycles. The van der Waals surface area contributed by atoms with E-state index in [4.69, 9.17) is 10.5 Å². The van der Waals surface area contributed by atoms with Gasteiger partial charge in [-0.25, -0.2) is 4.99 Å². The maximum Gasteiger partial charge on any atom is 0.201 e. The normalized spacial score (nSPS) is 25.9. The summed E-state index contributed by atoms with van der Waals surface area (Å²) in [5, 5.41) is 0. The van der Waals surface area contributed by atoms with Crippen LogP contribution < -0.4 is 5.73 Å². The molecule has 2 N–H and O–H groups in total. The molecule has 1 heterocycles. The van der Waals surface area contributed by atoms with Gasteiger partial charge in [0.25, 0.3) is 0 Å². The van der Waals surface area contributed by atoms with Crippen molar-refractivity contribution in [2.45, 2.75) is 46.2 Å². The lowest BCUT2D eigenvalue weighted by Gasteiger charge is -2.17. The van der Waals surface area contributed by atoms with Crippen LogP contribution in [-0.2, 0) is 4.74 Å². The molecule has 0 fully saturated rings. The fraction of sp³-hybridized carbons (Fsp3) is 0.909. The Labute approximate surface area is 86.7 Å². The van der Waals surface area contributed by atoms with Crippen molar-refractivity contribution in [3.05, 3.63) is 0 Å². The highest BCUT2D eigenvalue weighted by molar-refractivity contribution is 5.83. The minimum Gasteiger partial charge on any atom is -0.478 e. The fourth-order valence-electron chi connectivity index (χ4n) is 1.43. The first-order chi connectivity index (χ1) is 6.56. The second-order valence-electron chi connectivity index (χ2n) is 4.50. The number of nitrogens with two attached hydrogens (primary N) is 1. The third-order valence-corrected chi connectivity index (χ3v) is 3.01. The van der Waals surface area contributed by atoms with E-state index in [0.29, 0.717) is 24.5 Å². The smallest absolute Gasteiger partial charge is 0.201 e. The topological polar surface area (TPSA) is 47.6 Å². The molecule has 0 saturated carbocycles. The molecule has 0 spiro atoms. The van der Waals surface area contributed by atoms with Gasteiger partial charge in [-0.1, -0.05) is 34.1 Å². The summed E-state index contributed by atoms with van der Waals surface area (Å²) in [6.45, 7) is 9.31. The summed E-state index contributed by atoms with van der Waals surface area (Å²) in [7, 11) is 0. The number of hydrogen-bond acceptors (Lipinski definition) is 3. The average Bonchev–Trinajstić information content (AvgIpc) is 2.64. The molecule has 14 heavy (non-hydrogen) atoms. The van der Waals surface area contributed by atoms with Crippen LogP contribution in [-0.4, -0.2) is 24.6 Å². The highest BCUT2D eigenvalue weighted by atomic mass is 16.5. The molecule has 1 aliphatic rings. The predicted molar refractivity (Wildman–Crippen MR) is 59.4 cm³/mol. The molecule has 82 valence electrons. The van der Waals surface area contributed by atoms with E-state index < -0.39 is 0 Å². The number of hydrogen-bond donors (Lipinski definition) is 1. The number of ether oxygens (including phenoxy) is 1. The molecule has 0 saturated heterocycles. The van der Waals surface area contributed by atoms with E-state index in [1.165, 1.54) is 0 Å². The molecule has 0 aromatic heterocycles. The molecule has 0 bridgehead atoms. The van der Waals surface area contributed by atoms with E-state index in [1.54, 1.807) is 0 Å². The van der Waals surface area contributed by atoms with Crippen molar-refractivity contribution < 1.29 is 4.74 Å². The maximum atomic E-state index is 6.04. The molecule has 0 aromatic carbocycles. The predicted octanol–water partition coefficient (Wildman–Crippen LogP) is 1.81. The van der Waals surface area contributed by atoms with Crippen LogP contribution in [0.4, 0.5) is 0 Å². The van der Waals surface area contributed by atoms with Crippen molar-refractivity contribution in [3.8, 4) is 0 Å². The van der Waals surface area contributed by atoms with E-state index >= 15 is 0 Å². The average molecular weight is 198 g/mol. The molecular formula is C11H22N2O. The van der Waals surface area contributed by atoms with Crippen LogP contribution in [0.2, 0.25) is 0 Å². The van der Waals surface area contributed by atoms with Gasteiger partial charge < -0.3 is 10.5 Å². The molecule has 3 atom stereocenters. The Morgan fingerprint density at radius 1 is 1.50 bits per heavy atom. The largest absolute Gasteiger partial charge is 0.478 e. The van der Waals surface area contributed by atoms with Crippen molar-refractivity contribution in [1.82, 2.24) is 0 Å². The maximum absolute atomic E-state index is 6.04. The van der Waals surface area contributed by atoms with Crippen LogP contribution in [0.5, 0.6) is 0 Å². The summed E-state index contributed by atoms with van der Waals surface area (Å²) >= 11 is 0. The third-order valence-electron chi connectivity index (χ3n) is 3.01. The zero-order chi connectivity index (χ0) is 10.7. The summed E-state index contributed by atoms with van der Waals surface area (Å²) in [6, 6.07) is 0.281. The number of aliphatic imine (C=N–C) groups is 1. The zero-order valence-corrected chi connectivity index (χ0v) is 9.66. The lowest BCUT2D eigenvalue weighted by atomic mass is 10.00. The second-order valence-corrected chi connectivity index (χ2v) is 4.50. The van der Waals surface area contributed by atoms with E-state index in [9.17, 15) is 0 Å². The summed E-state index contributed by atoms with van der Waals surface area (Å²) in [5.74, 6) is 1.74. The van der Waals surface area contributed by atoms with E-state index in [1.807, 2.05) is 0 Å². The van der Waals surface area contributed by atoms with Crippen LogP contribution in [0, 0.1) is 11.8 Å². The number of rotatable bonds is 4. The number of nitrogens with zero attached hydrogens (tertiary/aromatic N) is 1. The lowest BCUT2D eigenvalue weighted by molar-refractivity contribution is 0.276. The van der Waals surface area contributed by atoms with Crippen molar-refractivity contribution in [2.75, 3.05) is 6.61 Å². The van der Waals surface area contributed by atoms with Gasteiger partial charge in [-0.2, -0.15) is 0 Å². The Hall–Kier alpha value is -0.570. The molecule has 0 amide bonds. The second kappa shape index (κ2) is 4.78. The van der Waals surface area contributed by atoms with Gasteiger partial charge in [0.05, 0.1) is 12.1 Å². The zero-order valence-electron chi connectivity index (χ0n) is 9.66. The minimum atomic E-state index is -0.0243. The molecule has 0 unspecified atom stereocenters. The molecule has 3 nitrogen and oxygen atoms in total. The van der Waals surface area contributed by atoms with Gasteiger partial charge in [-0.15, -0.1) is 0 Å². The van der Waals surface area contributed by atoms with Crippen LogP contribution in [0.25, 0.3) is 0 Å². The molecule has 3 heteroatoms. The third kappa shape index (κ3) is 2.47. The molecule has 0 aromatic rings. The summed E-state index contributed by atoms with van der Waals surface area (Å²) in [5.41, 5.74) is 6.04. The monoisotopic (exact) mass is 198 g/mol. The highest BCUT2D eigenvalue weighted by Gasteiger charge is 2.27. The first kappa shape index (κ1) is 11.5. The Kier molecular flexibility index (Phi) is 3.93. The summed E-state index contributed by atoms with van der Waals surface area (Å²) < 4.78 is 5.54. The Morgan fingerprint density at radius 3 is 2.57 bits per heavy atom. The van der Waals surface area contributed by atoms with Crippen LogP contribution in [0.3, 0.4) is 0 Å². The van der Waals surface area contributed by atoms with Crippen molar-refractivity contribution in [1.29, 1.82) is 0 Å². The SMILES string of the molecule is CC[C@H](C)[C@H](N)C1=N[C@H](C(C)C)CO1. The van der Waals surface area contributed by atoms with E-state index in [2.05, 4.69) is 32.7 Å². The van der Waals surface area contributed by atoms with Gasteiger partial charge >= 0.3 is 0 Å². The van der Waals surface area contributed by atoms with Crippen molar-refractivity contribution >= 4 is 5.90 Å². The van der Waals surface area contributed by atoms with Crippen molar-refractivity contribution in [3.63, 3.8) is 0 Å². The van der Waals surface area contributed by atoms with Crippen LogP contribution >= 0.6 is 0 Å². The fourth-order valence-corrected chi connectivity index (χ4v) is 1.43. The quantitative estimate of drug-likeness (QED) is 0.749. The summed E-state index contributed by atoms with van der Waals surface area (Å²) in [4.78, 5) is 4.53. The van der Waals surface area contributed by atoms with Gasteiger partial charge in [0, 0.05) is 0 Å². The molecule has 1 rings (SSSR count).